The number of hydrogen-bond donors (Lipinski definition) is 1. The molecule has 5 rings (SSSR count). The second-order valence-corrected chi connectivity index (χ2v) is 8.04. The van der Waals surface area contributed by atoms with Crippen molar-refractivity contribution in [3.63, 3.8) is 0 Å². The van der Waals surface area contributed by atoms with Crippen molar-refractivity contribution in [3.8, 4) is 11.4 Å². The van der Waals surface area contributed by atoms with Crippen LogP contribution in [0.15, 0.2) is 90.2 Å². The fourth-order valence-electron chi connectivity index (χ4n) is 3.69. The van der Waals surface area contributed by atoms with E-state index in [0.717, 1.165) is 23.0 Å². The highest BCUT2D eigenvalue weighted by molar-refractivity contribution is 6.33. The topological polar surface area (TPSA) is 90.0 Å². The fraction of sp³-hybridized carbons (Fsp3) is 0.0800. The van der Waals surface area contributed by atoms with E-state index < -0.39 is 0 Å². The number of halogens is 1. The van der Waals surface area contributed by atoms with Crippen molar-refractivity contribution in [3.05, 3.63) is 101 Å². The highest BCUT2D eigenvalue weighted by Crippen LogP contribution is 2.23. The average molecular weight is 470 g/mol. The monoisotopic (exact) mass is 469 g/mol. The molecule has 0 bridgehead atoms. The van der Waals surface area contributed by atoms with E-state index in [4.69, 9.17) is 11.6 Å². The number of carbonyl (C=O) groups is 1. The predicted octanol–water partition coefficient (Wildman–Crippen LogP) is 4.15. The molecule has 0 atom stereocenters. The number of fused-ring (bicyclic) bond motifs is 1. The molecule has 3 aromatic carbocycles. The number of nitrogens with one attached hydrogen (secondary N) is 1. The Morgan fingerprint density at radius 2 is 1.76 bits per heavy atom. The van der Waals surface area contributed by atoms with Gasteiger partial charge in [-0.3, -0.25) is 4.79 Å². The van der Waals surface area contributed by atoms with E-state index in [0.29, 0.717) is 16.4 Å². The zero-order chi connectivity index (χ0) is 23.3. The first-order valence-corrected chi connectivity index (χ1v) is 11.0. The molecule has 1 amide bonds. The third-order valence-corrected chi connectivity index (χ3v) is 5.59. The lowest BCUT2D eigenvalue weighted by Gasteiger charge is -2.05. The lowest BCUT2D eigenvalue weighted by molar-refractivity contribution is -0.122. The van der Waals surface area contributed by atoms with Crippen LogP contribution >= 0.6 is 11.6 Å². The minimum Gasteiger partial charge on any atom is -0.342 e. The van der Waals surface area contributed by atoms with E-state index in [1.165, 1.54) is 10.4 Å². The number of benzene rings is 3. The second kappa shape index (κ2) is 9.68. The summed E-state index contributed by atoms with van der Waals surface area (Å²) in [6.07, 6.45) is 3.67. The molecule has 0 fully saturated rings. The van der Waals surface area contributed by atoms with Gasteiger partial charge in [0.2, 0.25) is 5.82 Å². The molecule has 168 valence electrons. The zero-order valence-electron chi connectivity index (χ0n) is 18.0. The minimum absolute atomic E-state index is 0.120. The molecule has 0 unspecified atom stereocenters. The van der Waals surface area contributed by atoms with Crippen molar-refractivity contribution < 1.29 is 4.79 Å². The van der Waals surface area contributed by atoms with Crippen LogP contribution in [-0.4, -0.2) is 36.9 Å². The van der Waals surface area contributed by atoms with Crippen LogP contribution in [0, 0.1) is 0 Å². The van der Waals surface area contributed by atoms with Crippen molar-refractivity contribution in [1.82, 2.24) is 30.2 Å². The van der Waals surface area contributed by atoms with E-state index >= 15 is 0 Å². The number of para-hydroxylation sites is 1. The van der Waals surface area contributed by atoms with Gasteiger partial charge in [-0.25, -0.2) is 5.43 Å². The number of carbonyl (C=O) groups excluding carboxylic acids is 1. The summed E-state index contributed by atoms with van der Waals surface area (Å²) in [5, 5.41) is 17.8. The molecule has 1 N–H and O–H groups in total. The van der Waals surface area contributed by atoms with Crippen LogP contribution in [0.1, 0.15) is 11.1 Å². The maximum Gasteiger partial charge on any atom is 0.263 e. The van der Waals surface area contributed by atoms with Crippen LogP contribution in [0.4, 0.5) is 0 Å². The molecular formula is C25H20ClN7O. The maximum atomic E-state index is 12.3. The number of nitrogens with zero attached hydrogens (tertiary/aromatic N) is 6. The Labute approximate surface area is 200 Å². The third-order valence-electron chi connectivity index (χ3n) is 5.26. The van der Waals surface area contributed by atoms with Gasteiger partial charge in [0.05, 0.1) is 11.2 Å². The standard InChI is InChI=1S/C25H20ClN7O/c26-22-12-6-4-11-21(22)25-29-31-33(30-25)17-24(34)28-27-14-19-16-32(15-18-8-2-1-3-9-18)23-13-7-5-10-20(19)23/h1-14,16H,15,17H2,(H,28,34)/b27-14+. The molecule has 9 heteroatoms. The lowest BCUT2D eigenvalue weighted by Crippen LogP contribution is -2.24. The normalized spacial score (nSPS) is 11.3. The third kappa shape index (κ3) is 4.72. The molecule has 0 aliphatic carbocycles. The smallest absolute Gasteiger partial charge is 0.263 e. The zero-order valence-corrected chi connectivity index (χ0v) is 18.8. The van der Waals surface area contributed by atoms with Gasteiger partial charge in [-0.1, -0.05) is 72.3 Å². The quantitative estimate of drug-likeness (QED) is 0.286. The molecule has 34 heavy (non-hydrogen) atoms. The molecule has 0 radical (unpaired) electrons. The van der Waals surface area contributed by atoms with E-state index in [1.807, 2.05) is 54.7 Å². The van der Waals surface area contributed by atoms with Crippen LogP contribution in [0.3, 0.4) is 0 Å². The summed E-state index contributed by atoms with van der Waals surface area (Å²) in [4.78, 5) is 13.5. The Morgan fingerprint density at radius 1 is 1.00 bits per heavy atom. The van der Waals surface area contributed by atoms with Crippen molar-refractivity contribution in [1.29, 1.82) is 0 Å². The number of tetrazole rings is 1. The van der Waals surface area contributed by atoms with Gasteiger partial charge in [-0.05, 0) is 29.0 Å². The van der Waals surface area contributed by atoms with Gasteiger partial charge >= 0.3 is 0 Å². The summed E-state index contributed by atoms with van der Waals surface area (Å²) in [6.45, 7) is 0.623. The number of hydrogen-bond acceptors (Lipinski definition) is 5. The Balaban J connectivity index is 1.27. The molecule has 0 saturated heterocycles. The van der Waals surface area contributed by atoms with Gasteiger partial charge in [0.15, 0.2) is 0 Å². The Kier molecular flexibility index (Phi) is 6.13. The largest absolute Gasteiger partial charge is 0.342 e. The number of amides is 1. The molecule has 8 nitrogen and oxygen atoms in total. The Bertz CT molecular complexity index is 1470. The predicted molar refractivity (Wildman–Crippen MR) is 131 cm³/mol. The molecule has 0 aliphatic rings. The number of aromatic nitrogens is 5. The molecule has 2 heterocycles. The van der Waals surface area contributed by atoms with E-state index in [2.05, 4.69) is 48.7 Å². The average Bonchev–Trinajstić information content (AvgIpc) is 3.45. The minimum atomic E-state index is -0.368. The lowest BCUT2D eigenvalue weighted by atomic mass is 10.2. The van der Waals surface area contributed by atoms with Crippen LogP contribution in [0.2, 0.25) is 5.02 Å². The van der Waals surface area contributed by atoms with E-state index in [1.54, 1.807) is 18.3 Å². The van der Waals surface area contributed by atoms with Gasteiger partial charge in [-0.2, -0.15) is 9.90 Å². The Hall–Kier alpha value is -4.30. The SMILES string of the molecule is O=C(Cn1nnc(-c2ccccc2Cl)n1)N/N=C/c1cn(Cc2ccccc2)c2ccccc12. The van der Waals surface area contributed by atoms with Crippen molar-refractivity contribution in [2.24, 2.45) is 5.10 Å². The van der Waals surface area contributed by atoms with Gasteiger partial charge in [-0.15, -0.1) is 10.2 Å². The molecule has 5 aromatic rings. The molecule has 0 aliphatic heterocycles. The number of rotatable bonds is 7. The summed E-state index contributed by atoms with van der Waals surface area (Å²) in [7, 11) is 0. The summed E-state index contributed by atoms with van der Waals surface area (Å²) in [5.41, 5.74) is 6.39. The maximum absolute atomic E-state index is 12.3. The highest BCUT2D eigenvalue weighted by atomic mass is 35.5. The van der Waals surface area contributed by atoms with E-state index in [-0.39, 0.29) is 12.5 Å². The van der Waals surface area contributed by atoms with Gasteiger partial charge < -0.3 is 4.57 Å². The summed E-state index contributed by atoms with van der Waals surface area (Å²) in [6, 6.07) is 25.5. The first kappa shape index (κ1) is 21.5. The van der Waals surface area contributed by atoms with Crippen molar-refractivity contribution in [2.45, 2.75) is 13.1 Å². The molecule has 2 aromatic heterocycles. The van der Waals surface area contributed by atoms with Crippen LogP contribution in [0.25, 0.3) is 22.3 Å². The summed E-state index contributed by atoms with van der Waals surface area (Å²) in [5.74, 6) is -0.0134. The van der Waals surface area contributed by atoms with Crippen LogP contribution < -0.4 is 5.43 Å². The first-order chi connectivity index (χ1) is 16.7. The Morgan fingerprint density at radius 3 is 2.62 bits per heavy atom. The molecule has 0 saturated carbocycles. The van der Waals surface area contributed by atoms with E-state index in [9.17, 15) is 4.79 Å². The van der Waals surface area contributed by atoms with Crippen LogP contribution in [0.5, 0.6) is 0 Å². The molecular weight excluding hydrogens is 450 g/mol. The van der Waals surface area contributed by atoms with Gasteiger partial charge in [0.25, 0.3) is 5.91 Å². The molecule has 0 spiro atoms. The van der Waals surface area contributed by atoms with Crippen LogP contribution in [-0.2, 0) is 17.9 Å². The summed E-state index contributed by atoms with van der Waals surface area (Å²) < 4.78 is 2.17. The summed E-state index contributed by atoms with van der Waals surface area (Å²) >= 11 is 6.17. The highest BCUT2D eigenvalue weighted by Gasteiger charge is 2.12. The van der Waals surface area contributed by atoms with Crippen molar-refractivity contribution >= 4 is 34.6 Å². The fourth-order valence-corrected chi connectivity index (χ4v) is 3.91. The van der Waals surface area contributed by atoms with Gasteiger partial charge in [0.1, 0.15) is 6.54 Å². The number of hydrazone groups is 1. The van der Waals surface area contributed by atoms with Crippen molar-refractivity contribution in [2.75, 3.05) is 0 Å². The van der Waals surface area contributed by atoms with Gasteiger partial charge in [0, 0.05) is 34.8 Å². The second-order valence-electron chi connectivity index (χ2n) is 7.63. The first-order valence-electron chi connectivity index (χ1n) is 10.6.